The number of furan rings is 1. The number of para-hydroxylation sites is 1. The average molecular weight is 438 g/mol. The molecule has 2 bridgehead atoms. The number of nitrogens with one attached hydrogen (secondary N) is 3. The first kappa shape index (κ1) is 19.8. The largest absolute Gasteiger partial charge is 0.451 e. The molecular weight excluding hydrogens is 414 g/mol. The zero-order valence-corrected chi connectivity index (χ0v) is 17.6. The van der Waals surface area contributed by atoms with Crippen molar-refractivity contribution in [2.24, 2.45) is 0 Å². The van der Waals surface area contributed by atoms with Crippen molar-refractivity contribution < 1.29 is 17.6 Å². The number of amides is 1. The van der Waals surface area contributed by atoms with Crippen molar-refractivity contribution >= 4 is 21.6 Å². The SMILES string of the molecule is O=C(N[C@@H]1C[C@H]2CC[C@@H]1N2)c1ccc(-c2ccccc2NS(=O)(=O)c2ccccc2)o1. The minimum Gasteiger partial charge on any atom is -0.451 e. The third-order valence-corrected chi connectivity index (χ3v) is 7.32. The van der Waals surface area contributed by atoms with Gasteiger partial charge in [0.1, 0.15) is 5.76 Å². The van der Waals surface area contributed by atoms with Crippen molar-refractivity contribution in [2.75, 3.05) is 4.72 Å². The molecule has 2 fully saturated rings. The number of sulfonamides is 1. The van der Waals surface area contributed by atoms with Gasteiger partial charge in [-0.25, -0.2) is 8.42 Å². The molecule has 2 aliphatic rings. The number of anilines is 1. The fourth-order valence-corrected chi connectivity index (χ4v) is 5.52. The van der Waals surface area contributed by atoms with Crippen LogP contribution in [-0.2, 0) is 10.0 Å². The molecule has 2 aromatic carbocycles. The van der Waals surface area contributed by atoms with Crippen LogP contribution in [0.1, 0.15) is 29.8 Å². The van der Waals surface area contributed by atoms with Gasteiger partial charge in [0.25, 0.3) is 15.9 Å². The molecule has 31 heavy (non-hydrogen) atoms. The van der Waals surface area contributed by atoms with Crippen molar-refractivity contribution in [1.82, 2.24) is 10.6 Å². The maximum absolute atomic E-state index is 12.7. The molecule has 2 aliphatic heterocycles. The third kappa shape index (κ3) is 3.96. The van der Waals surface area contributed by atoms with Crippen LogP contribution in [0, 0.1) is 0 Å². The minimum absolute atomic E-state index is 0.116. The second kappa shape index (κ2) is 7.86. The molecule has 0 saturated carbocycles. The average Bonchev–Trinajstić information content (AvgIpc) is 3.52. The highest BCUT2D eigenvalue weighted by molar-refractivity contribution is 7.92. The summed E-state index contributed by atoms with van der Waals surface area (Å²) in [6, 6.07) is 19.4. The Morgan fingerprint density at radius 3 is 2.48 bits per heavy atom. The third-order valence-electron chi connectivity index (χ3n) is 5.94. The number of hydrogen-bond acceptors (Lipinski definition) is 5. The second-order valence-electron chi connectivity index (χ2n) is 7.99. The topological polar surface area (TPSA) is 100 Å². The highest BCUT2D eigenvalue weighted by atomic mass is 32.2. The fraction of sp³-hybridized carbons (Fsp3) is 0.261. The lowest BCUT2D eigenvalue weighted by Crippen LogP contribution is -2.42. The van der Waals surface area contributed by atoms with E-state index in [-0.39, 0.29) is 22.6 Å². The maximum Gasteiger partial charge on any atom is 0.287 e. The monoisotopic (exact) mass is 437 g/mol. The summed E-state index contributed by atoms with van der Waals surface area (Å²) >= 11 is 0. The van der Waals surface area contributed by atoms with Crippen LogP contribution in [-0.4, -0.2) is 32.5 Å². The molecule has 8 heteroatoms. The Morgan fingerprint density at radius 2 is 1.74 bits per heavy atom. The predicted molar refractivity (Wildman–Crippen MR) is 117 cm³/mol. The molecule has 1 aromatic heterocycles. The summed E-state index contributed by atoms with van der Waals surface area (Å²) in [6.07, 6.45) is 3.18. The van der Waals surface area contributed by atoms with E-state index in [1.165, 1.54) is 12.1 Å². The van der Waals surface area contributed by atoms with E-state index in [1.807, 2.05) is 0 Å². The Kier molecular flexibility index (Phi) is 5.03. The molecule has 0 spiro atoms. The van der Waals surface area contributed by atoms with Gasteiger partial charge in [0, 0.05) is 23.7 Å². The lowest BCUT2D eigenvalue weighted by Gasteiger charge is -2.20. The van der Waals surface area contributed by atoms with Gasteiger partial charge in [-0.05, 0) is 55.7 Å². The first-order valence-electron chi connectivity index (χ1n) is 10.3. The van der Waals surface area contributed by atoms with Gasteiger partial charge in [0.2, 0.25) is 0 Å². The van der Waals surface area contributed by atoms with Gasteiger partial charge in [0.15, 0.2) is 5.76 Å². The van der Waals surface area contributed by atoms with Crippen molar-refractivity contribution in [2.45, 2.75) is 42.3 Å². The fourth-order valence-electron chi connectivity index (χ4n) is 4.42. The van der Waals surface area contributed by atoms with Crippen LogP contribution in [0.3, 0.4) is 0 Å². The summed E-state index contributed by atoms with van der Waals surface area (Å²) in [6.45, 7) is 0. The summed E-state index contributed by atoms with van der Waals surface area (Å²) in [5, 5.41) is 6.56. The van der Waals surface area contributed by atoms with E-state index in [0.717, 1.165) is 19.3 Å². The molecule has 1 amide bonds. The summed E-state index contributed by atoms with van der Waals surface area (Å²) in [5.41, 5.74) is 0.938. The zero-order chi connectivity index (χ0) is 21.4. The van der Waals surface area contributed by atoms with Gasteiger partial charge in [0.05, 0.1) is 10.6 Å². The van der Waals surface area contributed by atoms with Crippen LogP contribution < -0.4 is 15.4 Å². The number of hydrogen-bond donors (Lipinski definition) is 3. The summed E-state index contributed by atoms with van der Waals surface area (Å²) in [7, 11) is -3.75. The molecule has 3 heterocycles. The summed E-state index contributed by atoms with van der Waals surface area (Å²) < 4.78 is 33.9. The Hall–Kier alpha value is -3.10. The molecule has 160 valence electrons. The number of rotatable bonds is 6. The minimum atomic E-state index is -3.75. The molecule has 0 unspecified atom stereocenters. The Bertz CT molecular complexity index is 1210. The Morgan fingerprint density at radius 1 is 0.968 bits per heavy atom. The van der Waals surface area contributed by atoms with E-state index in [2.05, 4.69) is 15.4 Å². The van der Waals surface area contributed by atoms with Crippen LogP contribution in [0.2, 0.25) is 0 Å². The van der Waals surface area contributed by atoms with E-state index in [4.69, 9.17) is 4.42 Å². The molecule has 3 atom stereocenters. The summed E-state index contributed by atoms with van der Waals surface area (Å²) in [5.74, 6) is 0.369. The van der Waals surface area contributed by atoms with E-state index in [0.29, 0.717) is 29.1 Å². The second-order valence-corrected chi connectivity index (χ2v) is 9.67. The van der Waals surface area contributed by atoms with Gasteiger partial charge in [-0.2, -0.15) is 0 Å². The van der Waals surface area contributed by atoms with Gasteiger partial charge in [-0.3, -0.25) is 9.52 Å². The standard InChI is InChI=1S/C23H23N3O4S/c27-23(25-20-14-15-10-11-19(20)24-15)22-13-12-21(30-22)17-8-4-5-9-18(17)26-31(28,29)16-6-2-1-3-7-16/h1-9,12-13,15,19-20,24,26H,10-11,14H2,(H,25,27)/t15-,19+,20-/m1/s1. The van der Waals surface area contributed by atoms with Crippen LogP contribution in [0.15, 0.2) is 76.0 Å². The van der Waals surface area contributed by atoms with E-state index in [1.54, 1.807) is 54.6 Å². The lowest BCUT2D eigenvalue weighted by atomic mass is 9.95. The van der Waals surface area contributed by atoms with Gasteiger partial charge >= 0.3 is 0 Å². The van der Waals surface area contributed by atoms with E-state index < -0.39 is 10.0 Å². The van der Waals surface area contributed by atoms with Crippen LogP contribution in [0.25, 0.3) is 11.3 Å². The van der Waals surface area contributed by atoms with E-state index >= 15 is 0 Å². The van der Waals surface area contributed by atoms with E-state index in [9.17, 15) is 13.2 Å². The van der Waals surface area contributed by atoms with Crippen LogP contribution in [0.4, 0.5) is 5.69 Å². The molecule has 5 rings (SSSR count). The normalized spacial score (nSPS) is 22.4. The van der Waals surface area contributed by atoms with Crippen LogP contribution >= 0.6 is 0 Å². The molecule has 0 radical (unpaired) electrons. The van der Waals surface area contributed by atoms with Gasteiger partial charge < -0.3 is 15.1 Å². The first-order valence-corrected chi connectivity index (χ1v) is 11.8. The molecule has 3 aromatic rings. The highest BCUT2D eigenvalue weighted by Crippen LogP contribution is 2.32. The molecule has 3 N–H and O–H groups in total. The van der Waals surface area contributed by atoms with Crippen molar-refractivity contribution in [3.05, 3.63) is 72.5 Å². The molecular formula is C23H23N3O4S. The molecule has 2 saturated heterocycles. The number of fused-ring (bicyclic) bond motifs is 2. The smallest absolute Gasteiger partial charge is 0.287 e. The van der Waals surface area contributed by atoms with Gasteiger partial charge in [-0.1, -0.05) is 30.3 Å². The highest BCUT2D eigenvalue weighted by Gasteiger charge is 2.40. The number of benzene rings is 2. The number of carbonyl (C=O) groups excluding carboxylic acids is 1. The van der Waals surface area contributed by atoms with Crippen molar-refractivity contribution in [3.8, 4) is 11.3 Å². The first-order chi connectivity index (χ1) is 15.0. The lowest BCUT2D eigenvalue weighted by molar-refractivity contribution is 0.0903. The zero-order valence-electron chi connectivity index (χ0n) is 16.7. The Balaban J connectivity index is 1.36. The maximum atomic E-state index is 12.7. The van der Waals surface area contributed by atoms with Crippen LogP contribution in [0.5, 0.6) is 0 Å². The Labute approximate surface area is 180 Å². The van der Waals surface area contributed by atoms with Crippen molar-refractivity contribution in [1.29, 1.82) is 0 Å². The number of carbonyl (C=O) groups is 1. The van der Waals surface area contributed by atoms with Crippen molar-refractivity contribution in [3.63, 3.8) is 0 Å². The summed E-state index contributed by atoms with van der Waals surface area (Å²) in [4.78, 5) is 12.8. The molecule has 0 aliphatic carbocycles. The quantitative estimate of drug-likeness (QED) is 0.549. The van der Waals surface area contributed by atoms with Gasteiger partial charge in [-0.15, -0.1) is 0 Å². The molecule has 7 nitrogen and oxygen atoms in total. The predicted octanol–water partition coefficient (Wildman–Crippen LogP) is 3.37.